The van der Waals surface area contributed by atoms with Gasteiger partial charge in [0.2, 0.25) is 0 Å². The first kappa shape index (κ1) is 8.67. The van der Waals surface area contributed by atoms with Gasteiger partial charge in [-0.15, -0.1) is 0 Å². The van der Waals surface area contributed by atoms with Gasteiger partial charge in [-0.1, -0.05) is 6.08 Å². The number of hydrogen-bond acceptors (Lipinski definition) is 4. The molecule has 0 fully saturated rings. The van der Waals surface area contributed by atoms with E-state index in [9.17, 15) is 0 Å². The number of aliphatic hydroxyl groups excluding tert-OH is 2. The third-order valence-electron chi connectivity index (χ3n) is 1.57. The summed E-state index contributed by atoms with van der Waals surface area (Å²) in [5.41, 5.74) is 0. The molecule has 3 atom stereocenters. The zero-order valence-electron chi connectivity index (χ0n) is 6.30. The molecule has 4 nitrogen and oxygen atoms in total. The molecule has 0 aromatic rings. The van der Waals surface area contributed by atoms with Gasteiger partial charge in [-0.2, -0.15) is 0 Å². The summed E-state index contributed by atoms with van der Waals surface area (Å²) in [6, 6.07) is 0. The molecule has 0 bridgehead atoms. The third-order valence-corrected chi connectivity index (χ3v) is 1.57. The number of methoxy groups -OCH3 is 1. The number of hydrogen-bond donors (Lipinski definition) is 2. The molecule has 0 saturated heterocycles. The van der Waals surface area contributed by atoms with E-state index >= 15 is 0 Å². The monoisotopic (exact) mass is 160 g/mol. The number of ether oxygens (including phenoxy) is 2. The van der Waals surface area contributed by atoms with Crippen molar-refractivity contribution in [3.63, 3.8) is 0 Å². The van der Waals surface area contributed by atoms with Crippen LogP contribution in [0.1, 0.15) is 0 Å². The molecule has 0 aliphatic carbocycles. The first-order valence-corrected chi connectivity index (χ1v) is 3.43. The van der Waals surface area contributed by atoms with Gasteiger partial charge in [0.15, 0.2) is 6.29 Å². The van der Waals surface area contributed by atoms with Crippen LogP contribution in [-0.2, 0) is 9.47 Å². The molecule has 0 radical (unpaired) electrons. The number of rotatable bonds is 2. The highest BCUT2D eigenvalue weighted by Crippen LogP contribution is 2.12. The summed E-state index contributed by atoms with van der Waals surface area (Å²) in [6.07, 6.45) is 1.42. The molecule has 0 saturated carbocycles. The molecule has 1 aliphatic heterocycles. The molecule has 4 heteroatoms. The van der Waals surface area contributed by atoms with Crippen molar-refractivity contribution in [3.8, 4) is 0 Å². The molecule has 0 amide bonds. The van der Waals surface area contributed by atoms with E-state index in [1.165, 1.54) is 7.11 Å². The summed E-state index contributed by atoms with van der Waals surface area (Å²) in [5, 5.41) is 17.9. The van der Waals surface area contributed by atoms with Crippen LogP contribution >= 0.6 is 0 Å². The molecule has 11 heavy (non-hydrogen) atoms. The lowest BCUT2D eigenvalue weighted by Crippen LogP contribution is -2.38. The van der Waals surface area contributed by atoms with Crippen molar-refractivity contribution in [1.29, 1.82) is 0 Å². The molecule has 64 valence electrons. The highest BCUT2D eigenvalue weighted by atomic mass is 16.7. The quantitative estimate of drug-likeness (QED) is 0.523. The molecule has 1 aliphatic rings. The second-order valence-electron chi connectivity index (χ2n) is 2.34. The second-order valence-corrected chi connectivity index (χ2v) is 2.34. The predicted molar refractivity (Wildman–Crippen MR) is 37.9 cm³/mol. The Balaban J connectivity index is 2.52. The molecule has 0 spiro atoms. The minimum absolute atomic E-state index is 0.203. The zero-order valence-corrected chi connectivity index (χ0v) is 6.30. The van der Waals surface area contributed by atoms with Gasteiger partial charge in [-0.25, -0.2) is 0 Å². The predicted octanol–water partition coefficient (Wildman–Crippen LogP) is -0.733. The lowest BCUT2D eigenvalue weighted by atomic mass is 10.1. The van der Waals surface area contributed by atoms with Crippen molar-refractivity contribution in [2.75, 3.05) is 13.7 Å². The maximum Gasteiger partial charge on any atom is 0.177 e. The van der Waals surface area contributed by atoms with Gasteiger partial charge < -0.3 is 19.7 Å². The van der Waals surface area contributed by atoms with Gasteiger partial charge in [0.05, 0.1) is 6.61 Å². The largest absolute Gasteiger partial charge is 0.394 e. The van der Waals surface area contributed by atoms with Gasteiger partial charge >= 0.3 is 0 Å². The summed E-state index contributed by atoms with van der Waals surface area (Å²) in [5.74, 6) is 0. The fourth-order valence-electron chi connectivity index (χ4n) is 0.912. The van der Waals surface area contributed by atoms with Gasteiger partial charge in [0, 0.05) is 7.11 Å². The Hall–Kier alpha value is -0.420. The van der Waals surface area contributed by atoms with Crippen LogP contribution in [0.4, 0.5) is 0 Å². The van der Waals surface area contributed by atoms with Gasteiger partial charge in [-0.05, 0) is 6.08 Å². The van der Waals surface area contributed by atoms with Crippen LogP contribution in [0, 0.1) is 0 Å². The maximum atomic E-state index is 9.15. The molecule has 2 N–H and O–H groups in total. The van der Waals surface area contributed by atoms with Crippen LogP contribution in [0.15, 0.2) is 12.2 Å². The third kappa shape index (κ3) is 2.00. The van der Waals surface area contributed by atoms with Gasteiger partial charge in [-0.3, -0.25) is 0 Å². The van der Waals surface area contributed by atoms with Crippen molar-refractivity contribution in [2.24, 2.45) is 0 Å². The van der Waals surface area contributed by atoms with Crippen LogP contribution in [0.25, 0.3) is 0 Å². The van der Waals surface area contributed by atoms with Crippen molar-refractivity contribution in [1.82, 2.24) is 0 Å². The first-order valence-electron chi connectivity index (χ1n) is 3.43. The van der Waals surface area contributed by atoms with Crippen molar-refractivity contribution in [3.05, 3.63) is 12.2 Å². The van der Waals surface area contributed by atoms with E-state index in [4.69, 9.17) is 19.7 Å². The highest BCUT2D eigenvalue weighted by Gasteiger charge is 2.24. The summed E-state index contributed by atoms with van der Waals surface area (Å²) in [6.45, 7) is -0.203. The second kappa shape index (κ2) is 3.82. The highest BCUT2D eigenvalue weighted by molar-refractivity contribution is 4.99. The standard InChI is InChI=1S/C7H12O4/c1-10-7-3-2-5(9)6(4-8)11-7/h2-3,5-9H,4H2,1H3/t5-,6+,7?/m0/s1. The Morgan fingerprint density at radius 3 is 2.82 bits per heavy atom. The first-order chi connectivity index (χ1) is 5.27. The average Bonchev–Trinajstić information content (AvgIpc) is 2.05. The molecule has 1 unspecified atom stereocenters. The van der Waals surface area contributed by atoms with Gasteiger partial charge in [0.1, 0.15) is 12.2 Å². The fraction of sp³-hybridized carbons (Fsp3) is 0.714. The molecule has 0 aromatic heterocycles. The Labute approximate surface area is 65.0 Å². The van der Waals surface area contributed by atoms with E-state index in [2.05, 4.69) is 0 Å². The Morgan fingerprint density at radius 2 is 2.27 bits per heavy atom. The lowest BCUT2D eigenvalue weighted by molar-refractivity contribution is -0.168. The Morgan fingerprint density at radius 1 is 1.55 bits per heavy atom. The van der Waals surface area contributed by atoms with E-state index in [1.54, 1.807) is 12.2 Å². The van der Waals surface area contributed by atoms with Crippen LogP contribution in [0.3, 0.4) is 0 Å². The van der Waals surface area contributed by atoms with E-state index < -0.39 is 18.5 Å². The molecule has 1 rings (SSSR count). The molecular formula is C7H12O4. The summed E-state index contributed by atoms with van der Waals surface area (Å²) >= 11 is 0. The van der Waals surface area contributed by atoms with E-state index in [1.807, 2.05) is 0 Å². The van der Waals surface area contributed by atoms with Crippen molar-refractivity contribution < 1.29 is 19.7 Å². The summed E-state index contributed by atoms with van der Waals surface area (Å²) in [7, 11) is 1.50. The average molecular weight is 160 g/mol. The Bertz CT molecular complexity index is 145. The SMILES string of the molecule is COC1C=C[C@H](O)[C@@H](CO)O1. The van der Waals surface area contributed by atoms with E-state index in [0.29, 0.717) is 0 Å². The Kier molecular flexibility index (Phi) is 3.02. The fourth-order valence-corrected chi connectivity index (χ4v) is 0.912. The molecule has 0 aromatic carbocycles. The van der Waals surface area contributed by atoms with Crippen LogP contribution in [0.5, 0.6) is 0 Å². The molecule has 1 heterocycles. The topological polar surface area (TPSA) is 58.9 Å². The van der Waals surface area contributed by atoms with Crippen molar-refractivity contribution >= 4 is 0 Å². The van der Waals surface area contributed by atoms with E-state index in [0.717, 1.165) is 0 Å². The van der Waals surface area contributed by atoms with E-state index in [-0.39, 0.29) is 6.61 Å². The zero-order chi connectivity index (χ0) is 8.27. The maximum absolute atomic E-state index is 9.15. The minimum Gasteiger partial charge on any atom is -0.394 e. The minimum atomic E-state index is -0.730. The van der Waals surface area contributed by atoms with Crippen molar-refractivity contribution in [2.45, 2.75) is 18.5 Å². The normalized spacial score (nSPS) is 37.5. The number of aliphatic hydroxyl groups is 2. The lowest BCUT2D eigenvalue weighted by Gasteiger charge is -2.27. The van der Waals surface area contributed by atoms with Gasteiger partial charge in [0.25, 0.3) is 0 Å². The smallest absolute Gasteiger partial charge is 0.177 e. The summed E-state index contributed by atoms with van der Waals surface area (Å²) in [4.78, 5) is 0. The molecular weight excluding hydrogens is 148 g/mol. The van der Waals surface area contributed by atoms with Crippen LogP contribution in [0.2, 0.25) is 0 Å². The summed E-state index contributed by atoms with van der Waals surface area (Å²) < 4.78 is 9.93. The van der Waals surface area contributed by atoms with Crippen LogP contribution in [-0.4, -0.2) is 42.4 Å². The van der Waals surface area contributed by atoms with Crippen LogP contribution < -0.4 is 0 Å².